The van der Waals surface area contributed by atoms with Gasteiger partial charge in [0.25, 0.3) is 0 Å². The molecule has 2 unspecified atom stereocenters. The van der Waals surface area contributed by atoms with Crippen LogP contribution in [-0.2, 0) is 9.09 Å². The molecule has 8 heavy (non-hydrogen) atoms. The van der Waals surface area contributed by atoms with Gasteiger partial charge in [-0.3, -0.25) is 5.73 Å². The quantitative estimate of drug-likeness (QED) is 0.328. The van der Waals surface area contributed by atoms with E-state index >= 15 is 0 Å². The van der Waals surface area contributed by atoms with Crippen LogP contribution in [0.1, 0.15) is 0 Å². The largest absolute Gasteiger partial charge is 0.696 e. The van der Waals surface area contributed by atoms with E-state index < -0.39 is 14.5 Å². The van der Waals surface area contributed by atoms with Crippen molar-refractivity contribution in [3.8, 4) is 0 Å². The average molecular weight is 136 g/mol. The Morgan fingerprint density at radius 1 is 2.00 bits per heavy atom. The maximum Gasteiger partial charge on any atom is 0.696 e. The first-order chi connectivity index (χ1) is 3.66. The van der Waals surface area contributed by atoms with Gasteiger partial charge in [0, 0.05) is 4.57 Å². The molecule has 0 spiro atoms. The van der Waals surface area contributed by atoms with Crippen LogP contribution in [0, 0.1) is 0 Å². The molecule has 0 radical (unpaired) electrons. The fraction of sp³-hybridized carbons (Fsp3) is 0.333. The van der Waals surface area contributed by atoms with Crippen LogP contribution in [0.4, 0.5) is 0 Å². The van der Waals surface area contributed by atoms with E-state index in [1.165, 1.54) is 6.08 Å². The predicted octanol–water partition coefficient (Wildman–Crippen LogP) is 0.123. The van der Waals surface area contributed by atoms with Crippen molar-refractivity contribution in [1.29, 1.82) is 0 Å². The van der Waals surface area contributed by atoms with E-state index in [2.05, 4.69) is 11.1 Å². The molecule has 0 aliphatic heterocycles. The van der Waals surface area contributed by atoms with Crippen LogP contribution in [0.25, 0.3) is 0 Å². The van der Waals surface area contributed by atoms with Crippen LogP contribution in [0.2, 0.25) is 0 Å². The van der Waals surface area contributed by atoms with Crippen LogP contribution >= 0.6 is 8.25 Å². The van der Waals surface area contributed by atoms with Crippen molar-refractivity contribution in [3.63, 3.8) is 0 Å². The summed E-state index contributed by atoms with van der Waals surface area (Å²) in [5.41, 5.74) is 4.99. The van der Waals surface area contributed by atoms with E-state index in [-0.39, 0.29) is 0 Å². The van der Waals surface area contributed by atoms with Crippen LogP contribution in [-0.4, -0.2) is 11.1 Å². The zero-order chi connectivity index (χ0) is 6.57. The molecule has 0 aromatic heterocycles. The molecule has 0 heterocycles. The minimum absolute atomic E-state index is 0.844. The van der Waals surface area contributed by atoms with Gasteiger partial charge in [0.15, 0.2) is 6.23 Å². The highest BCUT2D eigenvalue weighted by molar-refractivity contribution is 7.32. The number of nitrogens with two attached hydrogens (primary N) is 1. The van der Waals surface area contributed by atoms with Gasteiger partial charge in [-0.15, -0.1) is 4.89 Å². The first-order valence-electron chi connectivity index (χ1n) is 1.88. The Balaban J connectivity index is 3.38. The topological polar surface area (TPSA) is 72.5 Å². The Kier molecular flexibility index (Phi) is 3.56. The zero-order valence-corrected chi connectivity index (χ0v) is 5.04. The standard InChI is InChI=1S/C3H6NO3P/c1-2-3(4)7-8(5)6/h2-3H,1,4H2/p+1. The van der Waals surface area contributed by atoms with E-state index in [0.29, 0.717) is 0 Å². The van der Waals surface area contributed by atoms with Crippen LogP contribution in [0.15, 0.2) is 12.7 Å². The monoisotopic (exact) mass is 136 g/mol. The van der Waals surface area contributed by atoms with E-state index in [0.717, 1.165) is 0 Å². The highest BCUT2D eigenvalue weighted by Gasteiger charge is 2.15. The predicted molar refractivity (Wildman–Crippen MR) is 29.1 cm³/mol. The molecule has 0 fully saturated rings. The second-order valence-corrected chi connectivity index (χ2v) is 1.73. The van der Waals surface area contributed by atoms with Crippen molar-refractivity contribution in [2.45, 2.75) is 6.23 Å². The number of hydrogen-bond acceptors (Lipinski definition) is 3. The summed E-state index contributed by atoms with van der Waals surface area (Å²) in [6.45, 7) is 3.22. The van der Waals surface area contributed by atoms with Crippen LogP contribution in [0.3, 0.4) is 0 Å². The van der Waals surface area contributed by atoms with Crippen LogP contribution in [0.5, 0.6) is 0 Å². The van der Waals surface area contributed by atoms with Gasteiger partial charge in [0.2, 0.25) is 0 Å². The molecule has 0 aromatic carbocycles. The molecule has 0 amide bonds. The van der Waals surface area contributed by atoms with Crippen molar-refractivity contribution in [2.24, 2.45) is 5.73 Å². The smallest absolute Gasteiger partial charge is 0.299 e. The second-order valence-electron chi connectivity index (χ2n) is 1.04. The molecular weight excluding hydrogens is 129 g/mol. The molecule has 4 nitrogen and oxygen atoms in total. The van der Waals surface area contributed by atoms with Crippen LogP contribution < -0.4 is 5.73 Å². The van der Waals surface area contributed by atoms with Gasteiger partial charge in [0.1, 0.15) is 0 Å². The van der Waals surface area contributed by atoms with Gasteiger partial charge in [-0.25, -0.2) is 0 Å². The van der Waals surface area contributed by atoms with Gasteiger partial charge < -0.3 is 0 Å². The van der Waals surface area contributed by atoms with Gasteiger partial charge >= 0.3 is 8.25 Å². The van der Waals surface area contributed by atoms with Gasteiger partial charge in [-0.2, -0.15) is 0 Å². The highest BCUT2D eigenvalue weighted by atomic mass is 31.1. The van der Waals surface area contributed by atoms with E-state index in [1.807, 2.05) is 0 Å². The summed E-state index contributed by atoms with van der Waals surface area (Å²) >= 11 is 0. The number of hydrogen-bond donors (Lipinski definition) is 2. The lowest BCUT2D eigenvalue weighted by atomic mass is 10.6. The Hall–Kier alpha value is -0.280. The molecule has 0 aromatic rings. The summed E-state index contributed by atoms with van der Waals surface area (Å²) in [4.78, 5) is 8.01. The van der Waals surface area contributed by atoms with Crippen molar-refractivity contribution in [3.05, 3.63) is 12.7 Å². The third-order valence-electron chi connectivity index (χ3n) is 0.444. The summed E-state index contributed by atoms with van der Waals surface area (Å²) < 4.78 is 13.9. The normalized spacial score (nSPS) is 15.0. The fourth-order valence-corrected chi connectivity index (χ4v) is 0.441. The molecule has 0 bridgehead atoms. The van der Waals surface area contributed by atoms with Crippen molar-refractivity contribution in [1.82, 2.24) is 0 Å². The second kappa shape index (κ2) is 3.69. The van der Waals surface area contributed by atoms with E-state index in [4.69, 9.17) is 10.6 Å². The molecule has 46 valence electrons. The minimum atomic E-state index is -2.59. The number of rotatable bonds is 3. The lowest BCUT2D eigenvalue weighted by molar-refractivity contribution is 0.235. The SMILES string of the molecule is C=CC(N)O[P+](=O)O. The first-order valence-corrected chi connectivity index (χ1v) is 3.01. The third kappa shape index (κ3) is 3.89. The van der Waals surface area contributed by atoms with Crippen molar-refractivity contribution in [2.75, 3.05) is 0 Å². The highest BCUT2D eigenvalue weighted by Crippen LogP contribution is 2.15. The Morgan fingerprint density at radius 3 is 2.62 bits per heavy atom. The molecule has 0 aliphatic rings. The Labute approximate surface area is 47.9 Å². The van der Waals surface area contributed by atoms with E-state index in [9.17, 15) is 4.57 Å². The summed E-state index contributed by atoms with van der Waals surface area (Å²) in [7, 11) is -2.59. The fourth-order valence-electron chi connectivity index (χ4n) is 0.147. The summed E-state index contributed by atoms with van der Waals surface area (Å²) in [6, 6.07) is 0. The molecule has 0 aliphatic carbocycles. The zero-order valence-electron chi connectivity index (χ0n) is 4.15. The average Bonchev–Trinajstić information content (AvgIpc) is 1.65. The summed E-state index contributed by atoms with van der Waals surface area (Å²) in [5, 5.41) is 0. The lowest BCUT2D eigenvalue weighted by Crippen LogP contribution is -2.16. The summed E-state index contributed by atoms with van der Waals surface area (Å²) in [6.07, 6.45) is 0.382. The third-order valence-corrected chi connectivity index (χ3v) is 0.868. The molecule has 2 atom stereocenters. The van der Waals surface area contributed by atoms with Gasteiger partial charge in [-0.05, 0) is 6.08 Å². The van der Waals surface area contributed by atoms with Gasteiger partial charge in [0.05, 0.1) is 0 Å². The molecule has 0 saturated heterocycles. The van der Waals surface area contributed by atoms with E-state index in [1.54, 1.807) is 0 Å². The maximum atomic E-state index is 9.77. The molecule has 0 rings (SSSR count). The maximum absolute atomic E-state index is 9.77. The van der Waals surface area contributed by atoms with Gasteiger partial charge in [-0.1, -0.05) is 11.1 Å². The summed E-state index contributed by atoms with van der Waals surface area (Å²) in [5.74, 6) is 0. The Bertz CT molecular complexity index is 105. The first kappa shape index (κ1) is 7.72. The lowest BCUT2D eigenvalue weighted by Gasteiger charge is -1.89. The Morgan fingerprint density at radius 2 is 2.50 bits per heavy atom. The minimum Gasteiger partial charge on any atom is -0.299 e. The van der Waals surface area contributed by atoms with Crippen molar-refractivity contribution < 1.29 is 14.0 Å². The molecule has 5 heteroatoms. The molecule has 0 saturated carbocycles. The molecular formula is C3H7NO3P+. The van der Waals surface area contributed by atoms with Crippen molar-refractivity contribution >= 4 is 8.25 Å². The molecule has 3 N–H and O–H groups in total.